The summed E-state index contributed by atoms with van der Waals surface area (Å²) in [6.45, 7) is 0. The molecule has 5 heteroatoms. The number of aromatic nitrogens is 1. The molecule has 4 nitrogen and oxygen atoms in total. The maximum absolute atomic E-state index is 5.52. The van der Waals surface area contributed by atoms with Crippen LogP contribution in [0.1, 0.15) is 0 Å². The van der Waals surface area contributed by atoms with E-state index in [1.165, 1.54) is 0 Å². The lowest BCUT2D eigenvalue weighted by Crippen LogP contribution is -2.09. The molecule has 0 aliphatic carbocycles. The van der Waals surface area contributed by atoms with Crippen LogP contribution in [0.2, 0.25) is 0 Å². The van der Waals surface area contributed by atoms with Crippen LogP contribution in [-0.2, 0) is 0 Å². The number of nitrogen functional groups attached to an aromatic ring is 2. The molecular weight excluding hydrogens is 196 g/mol. The molecule has 1 heterocycles. The number of nitrogens with zero attached hydrogens (tertiary/aromatic N) is 1. The van der Waals surface area contributed by atoms with Crippen molar-refractivity contribution in [2.24, 2.45) is 5.84 Å². The average Bonchev–Trinajstić information content (AvgIpc) is 1.88. The fourth-order valence-corrected chi connectivity index (χ4v) is 0.914. The number of pyridine rings is 1. The van der Waals surface area contributed by atoms with Crippen molar-refractivity contribution in [2.45, 2.75) is 0 Å². The number of hydrazine groups is 1. The molecule has 0 atom stereocenters. The molecule has 10 heavy (non-hydrogen) atoms. The van der Waals surface area contributed by atoms with Gasteiger partial charge >= 0.3 is 0 Å². The monoisotopic (exact) mass is 202 g/mol. The van der Waals surface area contributed by atoms with Gasteiger partial charge in [-0.15, -0.1) is 0 Å². The Morgan fingerprint density at radius 1 is 1.60 bits per heavy atom. The fourth-order valence-electron chi connectivity index (χ4n) is 0.565. The van der Waals surface area contributed by atoms with E-state index in [1.54, 1.807) is 12.3 Å². The van der Waals surface area contributed by atoms with Gasteiger partial charge in [-0.2, -0.15) is 0 Å². The summed E-state index contributed by atoms with van der Waals surface area (Å²) in [7, 11) is 0. The smallest absolute Gasteiger partial charge is 0.108 e. The summed E-state index contributed by atoms with van der Waals surface area (Å²) in [5, 5.41) is 0. The average molecular weight is 203 g/mol. The summed E-state index contributed by atoms with van der Waals surface area (Å²) in [6, 6.07) is 1.68. The second kappa shape index (κ2) is 2.85. The van der Waals surface area contributed by atoms with Gasteiger partial charge in [0.05, 0.1) is 17.6 Å². The first kappa shape index (κ1) is 7.30. The number of nitrogens with two attached hydrogens (primary N) is 2. The largest absolute Gasteiger partial charge is 0.397 e. The Morgan fingerprint density at radius 3 is 2.80 bits per heavy atom. The van der Waals surface area contributed by atoms with Crippen molar-refractivity contribution in [2.75, 3.05) is 11.2 Å². The van der Waals surface area contributed by atoms with E-state index in [0.29, 0.717) is 16.0 Å². The molecule has 1 aromatic heterocycles. The van der Waals surface area contributed by atoms with Gasteiger partial charge in [0, 0.05) is 0 Å². The molecule has 54 valence electrons. The fraction of sp³-hybridized carbons (Fsp3) is 0. The summed E-state index contributed by atoms with van der Waals surface area (Å²) in [5.74, 6) is 5.12. The minimum atomic E-state index is 0.573. The third-order valence-electron chi connectivity index (χ3n) is 1.06. The van der Waals surface area contributed by atoms with Gasteiger partial charge in [0.2, 0.25) is 0 Å². The van der Waals surface area contributed by atoms with E-state index in [4.69, 9.17) is 11.6 Å². The van der Waals surface area contributed by atoms with E-state index in [1.807, 2.05) is 0 Å². The highest BCUT2D eigenvalue weighted by molar-refractivity contribution is 9.10. The minimum Gasteiger partial charge on any atom is -0.397 e. The molecule has 0 bridgehead atoms. The minimum absolute atomic E-state index is 0.573. The zero-order valence-corrected chi connectivity index (χ0v) is 6.72. The van der Waals surface area contributed by atoms with Crippen molar-refractivity contribution < 1.29 is 0 Å². The highest BCUT2D eigenvalue weighted by atomic mass is 79.9. The number of hydrogen-bond donors (Lipinski definition) is 3. The Bertz CT molecular complexity index is 237. The zero-order chi connectivity index (χ0) is 7.56. The normalized spacial score (nSPS) is 9.40. The number of hydrogen-bond acceptors (Lipinski definition) is 4. The van der Waals surface area contributed by atoms with E-state index < -0.39 is 0 Å². The van der Waals surface area contributed by atoms with Gasteiger partial charge in [-0.25, -0.2) is 4.98 Å². The highest BCUT2D eigenvalue weighted by Gasteiger charge is 1.96. The quantitative estimate of drug-likeness (QED) is 0.357. The molecule has 0 saturated carbocycles. The van der Waals surface area contributed by atoms with Gasteiger partial charge in [0.25, 0.3) is 0 Å². The lowest BCUT2D eigenvalue weighted by Gasteiger charge is -2.02. The first-order chi connectivity index (χ1) is 4.74. The Morgan fingerprint density at radius 2 is 2.30 bits per heavy atom. The van der Waals surface area contributed by atoms with Crippen molar-refractivity contribution in [1.29, 1.82) is 0 Å². The maximum Gasteiger partial charge on any atom is 0.108 e. The van der Waals surface area contributed by atoms with Crippen LogP contribution < -0.4 is 17.0 Å². The number of nitrogens with one attached hydrogen (secondary N) is 1. The third kappa shape index (κ3) is 1.37. The molecule has 0 aromatic carbocycles. The summed E-state index contributed by atoms with van der Waals surface area (Å²) in [5.41, 5.74) is 9.13. The Kier molecular flexibility index (Phi) is 2.08. The van der Waals surface area contributed by atoms with Crippen LogP contribution in [-0.4, -0.2) is 4.98 Å². The number of halogens is 1. The van der Waals surface area contributed by atoms with Crippen LogP contribution in [0.15, 0.2) is 16.9 Å². The summed E-state index contributed by atoms with van der Waals surface area (Å²) in [6.07, 6.45) is 1.55. The highest BCUT2D eigenvalue weighted by Crippen LogP contribution is 2.18. The topological polar surface area (TPSA) is 77.0 Å². The number of anilines is 2. The molecule has 0 amide bonds. The van der Waals surface area contributed by atoms with Crippen LogP contribution in [0.25, 0.3) is 0 Å². The number of rotatable bonds is 1. The summed E-state index contributed by atoms with van der Waals surface area (Å²) in [4.78, 5) is 3.90. The lowest BCUT2D eigenvalue weighted by molar-refractivity contribution is 1.24. The second-order valence-corrected chi connectivity index (χ2v) is 2.55. The Labute approximate surface area is 66.7 Å². The lowest BCUT2D eigenvalue weighted by atomic mass is 10.4. The SMILES string of the molecule is NNc1cnc(Br)cc1N. The zero-order valence-electron chi connectivity index (χ0n) is 5.13. The molecule has 0 aliphatic heterocycles. The third-order valence-corrected chi connectivity index (χ3v) is 1.49. The van der Waals surface area contributed by atoms with E-state index in [9.17, 15) is 0 Å². The first-order valence-electron chi connectivity index (χ1n) is 2.61. The van der Waals surface area contributed by atoms with E-state index >= 15 is 0 Å². The van der Waals surface area contributed by atoms with Crippen LogP contribution in [0.3, 0.4) is 0 Å². The van der Waals surface area contributed by atoms with Gasteiger partial charge in [0.15, 0.2) is 0 Å². The van der Waals surface area contributed by atoms with Crippen molar-refractivity contribution in [3.8, 4) is 0 Å². The molecule has 1 rings (SSSR count). The molecule has 1 aromatic rings. The van der Waals surface area contributed by atoms with Gasteiger partial charge < -0.3 is 11.2 Å². The van der Waals surface area contributed by atoms with Gasteiger partial charge in [-0.3, -0.25) is 5.84 Å². The van der Waals surface area contributed by atoms with E-state index in [-0.39, 0.29) is 0 Å². The van der Waals surface area contributed by atoms with Crippen molar-refractivity contribution >= 4 is 27.3 Å². The predicted molar refractivity (Wildman–Crippen MR) is 44.2 cm³/mol. The van der Waals surface area contributed by atoms with E-state index in [0.717, 1.165) is 0 Å². The van der Waals surface area contributed by atoms with Crippen molar-refractivity contribution in [1.82, 2.24) is 4.98 Å². The summed E-state index contributed by atoms with van der Waals surface area (Å²) >= 11 is 3.17. The van der Waals surface area contributed by atoms with Crippen LogP contribution in [0.4, 0.5) is 11.4 Å². The second-order valence-electron chi connectivity index (χ2n) is 1.74. The van der Waals surface area contributed by atoms with Gasteiger partial charge in [-0.1, -0.05) is 0 Å². The molecule has 0 aliphatic rings. The molecule has 0 saturated heterocycles. The molecule has 5 N–H and O–H groups in total. The molecule has 0 unspecified atom stereocenters. The van der Waals surface area contributed by atoms with Crippen LogP contribution in [0, 0.1) is 0 Å². The Hall–Kier alpha value is -0.810. The summed E-state index contributed by atoms with van der Waals surface area (Å²) < 4.78 is 0.698. The van der Waals surface area contributed by atoms with Crippen molar-refractivity contribution in [3.05, 3.63) is 16.9 Å². The van der Waals surface area contributed by atoms with Crippen molar-refractivity contribution in [3.63, 3.8) is 0 Å². The molecule has 0 radical (unpaired) electrons. The van der Waals surface area contributed by atoms with Gasteiger partial charge in [0.1, 0.15) is 4.60 Å². The predicted octanol–water partition coefficient (Wildman–Crippen LogP) is 0.712. The standard InChI is InChI=1S/C5H7BrN4/c6-5-1-3(7)4(10-8)2-9-5/h1-2,10H,8H2,(H2,7,9). The van der Waals surface area contributed by atoms with Crippen LogP contribution >= 0.6 is 15.9 Å². The molecular formula is C5H7BrN4. The molecule has 0 spiro atoms. The van der Waals surface area contributed by atoms with Gasteiger partial charge in [-0.05, 0) is 22.0 Å². The maximum atomic E-state index is 5.52. The first-order valence-corrected chi connectivity index (χ1v) is 3.41. The Balaban J connectivity index is 3.07. The van der Waals surface area contributed by atoms with Crippen LogP contribution in [0.5, 0.6) is 0 Å². The van der Waals surface area contributed by atoms with E-state index in [2.05, 4.69) is 26.3 Å². The molecule has 0 fully saturated rings.